The van der Waals surface area contributed by atoms with Crippen molar-refractivity contribution < 1.29 is 0 Å². The Kier molecular flexibility index (Phi) is 3.48. The second-order valence-corrected chi connectivity index (χ2v) is 6.02. The van der Waals surface area contributed by atoms with E-state index < -0.39 is 0 Å². The first kappa shape index (κ1) is 11.9. The van der Waals surface area contributed by atoms with Crippen molar-refractivity contribution >= 4 is 22.7 Å². The maximum Gasteiger partial charge on any atom is 0.117 e. The molecule has 1 aromatic heterocycles. The highest BCUT2D eigenvalue weighted by atomic mass is 32.2. The second kappa shape index (κ2) is 5.24. The largest absolute Gasteiger partial charge is 0.317 e. The van der Waals surface area contributed by atoms with Gasteiger partial charge in [0.25, 0.3) is 0 Å². The summed E-state index contributed by atoms with van der Waals surface area (Å²) >= 11 is 1.91. The number of para-hydroxylation sites is 1. The van der Waals surface area contributed by atoms with E-state index in [0.717, 1.165) is 10.5 Å². The first-order chi connectivity index (χ1) is 8.86. The normalized spacial score (nSPS) is 23.6. The van der Waals surface area contributed by atoms with Crippen LogP contribution in [-0.2, 0) is 0 Å². The summed E-state index contributed by atoms with van der Waals surface area (Å²) < 4.78 is 0. The highest BCUT2D eigenvalue weighted by molar-refractivity contribution is 8.00. The fourth-order valence-electron chi connectivity index (χ4n) is 2.54. The molecular formula is C14H17N3S. The lowest BCUT2D eigenvalue weighted by molar-refractivity contribution is 0.583. The van der Waals surface area contributed by atoms with Crippen LogP contribution in [0.15, 0.2) is 35.6 Å². The minimum absolute atomic E-state index is 0.676. The number of hydrogen-bond donors (Lipinski definition) is 1. The number of rotatable bonds is 3. The van der Waals surface area contributed by atoms with Crippen LogP contribution in [0, 0.1) is 0 Å². The zero-order chi connectivity index (χ0) is 12.4. The Balaban J connectivity index is 1.83. The molecule has 2 atom stereocenters. The lowest BCUT2D eigenvalue weighted by atomic mass is 10.2. The van der Waals surface area contributed by atoms with Gasteiger partial charge in [-0.25, -0.2) is 9.97 Å². The zero-order valence-corrected chi connectivity index (χ0v) is 11.3. The minimum Gasteiger partial charge on any atom is -0.317 e. The van der Waals surface area contributed by atoms with Gasteiger partial charge in [0.2, 0.25) is 0 Å². The number of fused-ring (bicyclic) bond motifs is 1. The number of benzene rings is 1. The first-order valence-corrected chi connectivity index (χ1v) is 7.28. The molecular weight excluding hydrogens is 242 g/mol. The van der Waals surface area contributed by atoms with E-state index in [9.17, 15) is 0 Å². The van der Waals surface area contributed by atoms with Crippen LogP contribution in [0.1, 0.15) is 19.3 Å². The molecule has 4 heteroatoms. The van der Waals surface area contributed by atoms with Crippen molar-refractivity contribution in [2.75, 3.05) is 7.05 Å². The Morgan fingerprint density at radius 1 is 1.22 bits per heavy atom. The summed E-state index contributed by atoms with van der Waals surface area (Å²) in [6.07, 6.45) is 5.46. The maximum absolute atomic E-state index is 4.45. The van der Waals surface area contributed by atoms with Gasteiger partial charge in [-0.3, -0.25) is 0 Å². The van der Waals surface area contributed by atoms with E-state index in [1.54, 1.807) is 6.33 Å². The van der Waals surface area contributed by atoms with Crippen molar-refractivity contribution in [3.63, 3.8) is 0 Å². The Hall–Kier alpha value is -1.13. The molecule has 2 aromatic rings. The monoisotopic (exact) mass is 259 g/mol. The van der Waals surface area contributed by atoms with Gasteiger partial charge in [-0.1, -0.05) is 18.2 Å². The number of nitrogens with zero attached hydrogens (tertiary/aromatic N) is 2. The molecule has 2 unspecified atom stereocenters. The molecule has 1 aliphatic carbocycles. The third-order valence-corrected chi connectivity index (χ3v) is 4.89. The standard InChI is InChI=1S/C14H17N3S/c1-15-10-6-7-11(8-10)18-14-12-4-2-3-5-13(12)16-9-17-14/h2-5,9-11,15H,6-8H2,1H3. The zero-order valence-electron chi connectivity index (χ0n) is 10.5. The summed E-state index contributed by atoms with van der Waals surface area (Å²) in [6.45, 7) is 0. The average Bonchev–Trinajstić information content (AvgIpc) is 2.87. The summed E-state index contributed by atoms with van der Waals surface area (Å²) in [5.41, 5.74) is 1.04. The van der Waals surface area contributed by atoms with Gasteiger partial charge in [-0.05, 0) is 32.4 Å². The van der Waals surface area contributed by atoms with Crippen LogP contribution in [0.25, 0.3) is 10.9 Å². The third kappa shape index (κ3) is 2.35. The summed E-state index contributed by atoms with van der Waals surface area (Å²) in [5.74, 6) is 0. The van der Waals surface area contributed by atoms with Crippen molar-refractivity contribution in [3.8, 4) is 0 Å². The van der Waals surface area contributed by atoms with Gasteiger partial charge in [0.15, 0.2) is 0 Å². The topological polar surface area (TPSA) is 37.8 Å². The second-order valence-electron chi connectivity index (χ2n) is 4.73. The van der Waals surface area contributed by atoms with E-state index in [0.29, 0.717) is 11.3 Å². The van der Waals surface area contributed by atoms with Gasteiger partial charge in [0.05, 0.1) is 5.52 Å². The van der Waals surface area contributed by atoms with Crippen LogP contribution in [0.4, 0.5) is 0 Å². The van der Waals surface area contributed by atoms with Gasteiger partial charge >= 0.3 is 0 Å². The first-order valence-electron chi connectivity index (χ1n) is 6.40. The molecule has 0 radical (unpaired) electrons. The van der Waals surface area contributed by atoms with E-state index in [1.807, 2.05) is 23.9 Å². The highest BCUT2D eigenvalue weighted by Crippen LogP contribution is 2.36. The van der Waals surface area contributed by atoms with Crippen molar-refractivity contribution in [2.24, 2.45) is 0 Å². The summed E-state index contributed by atoms with van der Waals surface area (Å²) in [5, 5.41) is 6.36. The Labute approximate surface area is 111 Å². The predicted octanol–water partition coefficient (Wildman–Crippen LogP) is 2.86. The molecule has 1 fully saturated rings. The number of nitrogens with one attached hydrogen (secondary N) is 1. The fourth-order valence-corrected chi connectivity index (χ4v) is 3.85. The van der Waals surface area contributed by atoms with Gasteiger partial charge in [-0.2, -0.15) is 0 Å². The molecule has 18 heavy (non-hydrogen) atoms. The number of hydrogen-bond acceptors (Lipinski definition) is 4. The predicted molar refractivity (Wildman–Crippen MR) is 75.9 cm³/mol. The van der Waals surface area contributed by atoms with Crippen LogP contribution >= 0.6 is 11.8 Å². The van der Waals surface area contributed by atoms with Crippen LogP contribution in [0.5, 0.6) is 0 Å². The van der Waals surface area contributed by atoms with Gasteiger partial charge in [0, 0.05) is 16.7 Å². The van der Waals surface area contributed by atoms with E-state index in [2.05, 4.69) is 34.5 Å². The molecule has 1 saturated carbocycles. The molecule has 0 saturated heterocycles. The molecule has 1 heterocycles. The van der Waals surface area contributed by atoms with E-state index in [1.165, 1.54) is 24.6 Å². The SMILES string of the molecule is CNC1CCC(Sc2ncnc3ccccc23)C1. The lowest BCUT2D eigenvalue weighted by Crippen LogP contribution is -2.21. The van der Waals surface area contributed by atoms with Crippen LogP contribution in [-0.4, -0.2) is 28.3 Å². The van der Waals surface area contributed by atoms with Gasteiger partial charge < -0.3 is 5.32 Å². The van der Waals surface area contributed by atoms with Crippen LogP contribution < -0.4 is 5.32 Å². The van der Waals surface area contributed by atoms with Crippen molar-refractivity contribution in [1.29, 1.82) is 0 Å². The van der Waals surface area contributed by atoms with Crippen molar-refractivity contribution in [3.05, 3.63) is 30.6 Å². The maximum atomic E-state index is 4.45. The average molecular weight is 259 g/mol. The fraction of sp³-hybridized carbons (Fsp3) is 0.429. The highest BCUT2D eigenvalue weighted by Gasteiger charge is 2.25. The molecule has 0 bridgehead atoms. The molecule has 1 aromatic carbocycles. The van der Waals surface area contributed by atoms with Crippen LogP contribution in [0.2, 0.25) is 0 Å². The molecule has 0 aliphatic heterocycles. The van der Waals surface area contributed by atoms with E-state index in [-0.39, 0.29) is 0 Å². The number of thioether (sulfide) groups is 1. The third-order valence-electron chi connectivity index (χ3n) is 3.58. The Morgan fingerprint density at radius 2 is 2.11 bits per heavy atom. The molecule has 1 aliphatic rings. The summed E-state index contributed by atoms with van der Waals surface area (Å²) in [6, 6.07) is 8.92. The molecule has 0 spiro atoms. The molecule has 3 rings (SSSR count). The minimum atomic E-state index is 0.676. The summed E-state index contributed by atoms with van der Waals surface area (Å²) in [7, 11) is 2.05. The van der Waals surface area contributed by atoms with Crippen molar-refractivity contribution in [1.82, 2.24) is 15.3 Å². The van der Waals surface area contributed by atoms with Crippen LogP contribution in [0.3, 0.4) is 0 Å². The van der Waals surface area contributed by atoms with Gasteiger partial charge in [0.1, 0.15) is 11.4 Å². The molecule has 1 N–H and O–H groups in total. The summed E-state index contributed by atoms with van der Waals surface area (Å²) in [4.78, 5) is 8.76. The molecule has 94 valence electrons. The number of aromatic nitrogens is 2. The Bertz CT molecular complexity index is 538. The Morgan fingerprint density at radius 3 is 2.94 bits per heavy atom. The quantitative estimate of drug-likeness (QED) is 0.860. The molecule has 3 nitrogen and oxygen atoms in total. The molecule has 0 amide bonds. The lowest BCUT2D eigenvalue weighted by Gasteiger charge is -2.11. The smallest absolute Gasteiger partial charge is 0.117 e. The van der Waals surface area contributed by atoms with E-state index in [4.69, 9.17) is 0 Å². The van der Waals surface area contributed by atoms with E-state index >= 15 is 0 Å². The van der Waals surface area contributed by atoms with Gasteiger partial charge in [-0.15, -0.1) is 11.8 Å². The van der Waals surface area contributed by atoms with Crippen molar-refractivity contribution in [2.45, 2.75) is 35.6 Å².